The van der Waals surface area contributed by atoms with Gasteiger partial charge in [-0.3, -0.25) is 4.79 Å². The molecule has 0 amide bonds. The third kappa shape index (κ3) is 1.78. The zero-order valence-electron chi connectivity index (χ0n) is 7.94. The number of nitrogens with zero attached hydrogens (tertiary/aromatic N) is 4. The minimum Gasteiger partial charge on any atom is -0.476 e. The molecule has 7 heteroatoms. The molecule has 0 atom stereocenters. The minimum atomic E-state index is -1.15. The zero-order chi connectivity index (χ0) is 11.5. The molecule has 0 aliphatic heterocycles. The van der Waals surface area contributed by atoms with Crippen molar-refractivity contribution >= 4 is 12.3 Å². The van der Waals surface area contributed by atoms with Crippen LogP contribution in [0.15, 0.2) is 24.7 Å². The lowest BCUT2D eigenvalue weighted by Crippen LogP contribution is -2.05. The lowest BCUT2D eigenvalue weighted by Gasteiger charge is -1.99. The molecule has 2 aromatic heterocycles. The molecule has 0 aromatic carbocycles. The van der Waals surface area contributed by atoms with Crippen molar-refractivity contribution in [1.29, 1.82) is 0 Å². The molecule has 0 bridgehead atoms. The van der Waals surface area contributed by atoms with Gasteiger partial charge in [0.25, 0.3) is 0 Å². The predicted octanol–water partition coefficient (Wildman–Crippen LogP) is 0.173. The lowest BCUT2D eigenvalue weighted by atomic mass is 10.4. The van der Waals surface area contributed by atoms with E-state index in [1.807, 2.05) is 0 Å². The second-order valence-corrected chi connectivity index (χ2v) is 2.87. The number of aromatic nitrogens is 4. The number of rotatable bonds is 3. The largest absolute Gasteiger partial charge is 0.476 e. The Labute approximate surface area is 89.4 Å². The molecule has 0 radical (unpaired) electrons. The summed E-state index contributed by atoms with van der Waals surface area (Å²) in [7, 11) is 0. The summed E-state index contributed by atoms with van der Waals surface area (Å²) in [5, 5.41) is 12.5. The van der Waals surface area contributed by atoms with Gasteiger partial charge in [-0.15, -0.1) is 0 Å². The fraction of sp³-hybridized carbons (Fsp3) is 0. The van der Waals surface area contributed by atoms with Gasteiger partial charge >= 0.3 is 5.97 Å². The van der Waals surface area contributed by atoms with E-state index in [9.17, 15) is 9.59 Å². The molecule has 16 heavy (non-hydrogen) atoms. The number of carboxylic acid groups (broad SMARTS) is 1. The summed E-state index contributed by atoms with van der Waals surface area (Å²) in [6.07, 6.45) is 4.54. The molecule has 0 fully saturated rings. The van der Waals surface area contributed by atoms with Gasteiger partial charge in [0.15, 0.2) is 17.8 Å². The van der Waals surface area contributed by atoms with E-state index in [0.717, 1.165) is 6.20 Å². The fourth-order valence-corrected chi connectivity index (χ4v) is 1.08. The number of hydrogen-bond acceptors (Lipinski definition) is 5. The standard InChI is InChI=1S/C9H6N4O3/c14-5-6-1-2-13(12-6)8-4-10-7(3-11-8)9(15)16/h1-5H,(H,15,16). The normalized spacial score (nSPS) is 10.0. The van der Waals surface area contributed by atoms with Gasteiger partial charge in [-0.25, -0.2) is 19.4 Å². The summed E-state index contributed by atoms with van der Waals surface area (Å²) in [5.74, 6) is -0.800. The molecule has 80 valence electrons. The predicted molar refractivity (Wildman–Crippen MR) is 51.5 cm³/mol. The molecule has 0 spiro atoms. The summed E-state index contributed by atoms with van der Waals surface area (Å²) >= 11 is 0. The van der Waals surface area contributed by atoms with Crippen LogP contribution in [0.1, 0.15) is 21.0 Å². The molecule has 0 aliphatic carbocycles. The molecule has 0 saturated heterocycles. The van der Waals surface area contributed by atoms with E-state index in [2.05, 4.69) is 15.1 Å². The lowest BCUT2D eigenvalue weighted by molar-refractivity contribution is 0.0690. The summed E-state index contributed by atoms with van der Waals surface area (Å²) < 4.78 is 1.34. The monoisotopic (exact) mass is 218 g/mol. The van der Waals surface area contributed by atoms with E-state index >= 15 is 0 Å². The van der Waals surface area contributed by atoms with Gasteiger partial charge in [0.2, 0.25) is 0 Å². The maximum atomic E-state index is 10.5. The summed E-state index contributed by atoms with van der Waals surface area (Å²) in [5.41, 5.74) is 0.121. The second kappa shape index (κ2) is 3.89. The van der Waals surface area contributed by atoms with Crippen LogP contribution in [0.25, 0.3) is 5.82 Å². The number of carboxylic acids is 1. The van der Waals surface area contributed by atoms with Crippen molar-refractivity contribution in [3.05, 3.63) is 36.0 Å². The Kier molecular flexibility index (Phi) is 2.42. The smallest absolute Gasteiger partial charge is 0.356 e. The third-order valence-corrected chi connectivity index (χ3v) is 1.82. The van der Waals surface area contributed by atoms with Crippen molar-refractivity contribution in [2.45, 2.75) is 0 Å². The van der Waals surface area contributed by atoms with E-state index in [0.29, 0.717) is 12.1 Å². The highest BCUT2D eigenvalue weighted by Gasteiger charge is 2.06. The molecule has 0 saturated carbocycles. The van der Waals surface area contributed by atoms with E-state index < -0.39 is 5.97 Å². The summed E-state index contributed by atoms with van der Waals surface area (Å²) in [4.78, 5) is 28.5. The minimum absolute atomic E-state index is 0.147. The van der Waals surface area contributed by atoms with Crippen LogP contribution in [0.2, 0.25) is 0 Å². The average molecular weight is 218 g/mol. The highest BCUT2D eigenvalue weighted by Crippen LogP contribution is 2.02. The maximum Gasteiger partial charge on any atom is 0.356 e. The SMILES string of the molecule is O=Cc1ccn(-c2cnc(C(=O)O)cn2)n1. The van der Waals surface area contributed by atoms with Crippen LogP contribution in [0.5, 0.6) is 0 Å². The third-order valence-electron chi connectivity index (χ3n) is 1.82. The van der Waals surface area contributed by atoms with Crippen LogP contribution in [-0.4, -0.2) is 37.1 Å². The van der Waals surface area contributed by atoms with Crippen LogP contribution < -0.4 is 0 Å². The molecule has 0 unspecified atom stereocenters. The first-order valence-corrected chi connectivity index (χ1v) is 4.27. The highest BCUT2D eigenvalue weighted by atomic mass is 16.4. The van der Waals surface area contributed by atoms with Crippen molar-refractivity contribution in [3.63, 3.8) is 0 Å². The molecule has 2 aromatic rings. The van der Waals surface area contributed by atoms with Gasteiger partial charge in [0, 0.05) is 6.20 Å². The topological polar surface area (TPSA) is 98.0 Å². The first-order valence-electron chi connectivity index (χ1n) is 4.27. The molecular formula is C9H6N4O3. The molecule has 0 aliphatic rings. The van der Waals surface area contributed by atoms with Crippen molar-refractivity contribution in [3.8, 4) is 5.82 Å². The van der Waals surface area contributed by atoms with Gasteiger partial charge < -0.3 is 5.11 Å². The summed E-state index contributed by atoms with van der Waals surface area (Å²) in [6.45, 7) is 0. The van der Waals surface area contributed by atoms with Gasteiger partial charge in [0.05, 0.1) is 12.4 Å². The van der Waals surface area contributed by atoms with E-state index in [-0.39, 0.29) is 11.4 Å². The van der Waals surface area contributed by atoms with Gasteiger partial charge in [-0.05, 0) is 6.07 Å². The van der Waals surface area contributed by atoms with Gasteiger partial charge in [0.1, 0.15) is 5.69 Å². The Morgan fingerprint density at radius 2 is 2.19 bits per heavy atom. The number of aldehydes is 1. The number of carbonyl (C=O) groups excluding carboxylic acids is 1. The van der Waals surface area contributed by atoms with Crippen molar-refractivity contribution < 1.29 is 14.7 Å². The average Bonchev–Trinajstić information content (AvgIpc) is 2.77. The van der Waals surface area contributed by atoms with Gasteiger partial charge in [-0.1, -0.05) is 0 Å². The van der Waals surface area contributed by atoms with Crippen LogP contribution in [-0.2, 0) is 0 Å². The van der Waals surface area contributed by atoms with Crippen molar-refractivity contribution in [2.24, 2.45) is 0 Å². The Morgan fingerprint density at radius 3 is 2.69 bits per heavy atom. The van der Waals surface area contributed by atoms with Crippen LogP contribution in [0, 0.1) is 0 Å². The Balaban J connectivity index is 2.34. The molecule has 7 nitrogen and oxygen atoms in total. The van der Waals surface area contributed by atoms with Crippen LogP contribution in [0.3, 0.4) is 0 Å². The van der Waals surface area contributed by atoms with E-state index in [1.165, 1.54) is 23.1 Å². The first-order chi connectivity index (χ1) is 7.70. The number of hydrogen-bond donors (Lipinski definition) is 1. The number of aromatic carboxylic acids is 1. The van der Waals surface area contributed by atoms with Crippen LogP contribution >= 0.6 is 0 Å². The fourth-order valence-electron chi connectivity index (χ4n) is 1.08. The summed E-state index contributed by atoms with van der Waals surface area (Å²) in [6, 6.07) is 1.51. The molecular weight excluding hydrogens is 212 g/mol. The molecule has 2 rings (SSSR count). The van der Waals surface area contributed by atoms with E-state index in [4.69, 9.17) is 5.11 Å². The first kappa shape index (κ1) is 9.97. The van der Waals surface area contributed by atoms with E-state index in [1.54, 1.807) is 0 Å². The Bertz CT molecular complexity index is 532. The molecule has 1 N–H and O–H groups in total. The maximum absolute atomic E-state index is 10.5. The zero-order valence-corrected chi connectivity index (χ0v) is 7.94. The second-order valence-electron chi connectivity index (χ2n) is 2.87. The Morgan fingerprint density at radius 1 is 1.38 bits per heavy atom. The molecule has 2 heterocycles. The van der Waals surface area contributed by atoms with Crippen LogP contribution in [0.4, 0.5) is 0 Å². The highest BCUT2D eigenvalue weighted by molar-refractivity contribution is 5.84. The Hall–Kier alpha value is -2.57. The quantitative estimate of drug-likeness (QED) is 0.737. The van der Waals surface area contributed by atoms with Gasteiger partial charge in [-0.2, -0.15) is 5.10 Å². The number of carbonyl (C=O) groups is 2. The van der Waals surface area contributed by atoms with Crippen molar-refractivity contribution in [2.75, 3.05) is 0 Å². The van der Waals surface area contributed by atoms with Crippen molar-refractivity contribution in [1.82, 2.24) is 19.7 Å².